The zero-order chi connectivity index (χ0) is 11.8. The number of aromatic hydroxyl groups is 1. The second-order valence-electron chi connectivity index (χ2n) is 4.42. The SMILES string of the molecule is NCC1CCc2c1cnn2-c1ccccc1O. The molecule has 0 saturated carbocycles. The van der Waals surface area contributed by atoms with Crippen LogP contribution >= 0.6 is 0 Å². The molecule has 1 aromatic heterocycles. The topological polar surface area (TPSA) is 64.1 Å². The Morgan fingerprint density at radius 2 is 2.24 bits per heavy atom. The van der Waals surface area contributed by atoms with E-state index < -0.39 is 0 Å². The van der Waals surface area contributed by atoms with Crippen molar-refractivity contribution in [3.8, 4) is 11.4 Å². The molecule has 4 nitrogen and oxygen atoms in total. The monoisotopic (exact) mass is 229 g/mol. The minimum Gasteiger partial charge on any atom is -0.506 e. The van der Waals surface area contributed by atoms with Gasteiger partial charge in [0, 0.05) is 5.69 Å². The molecule has 0 saturated heterocycles. The summed E-state index contributed by atoms with van der Waals surface area (Å²) >= 11 is 0. The Labute approximate surface area is 99.7 Å². The molecule has 0 amide bonds. The zero-order valence-electron chi connectivity index (χ0n) is 9.50. The maximum absolute atomic E-state index is 9.85. The highest BCUT2D eigenvalue weighted by Crippen LogP contribution is 2.34. The molecule has 0 aliphatic heterocycles. The van der Waals surface area contributed by atoms with Crippen LogP contribution < -0.4 is 5.73 Å². The molecule has 17 heavy (non-hydrogen) atoms. The molecule has 0 spiro atoms. The van der Waals surface area contributed by atoms with Gasteiger partial charge in [-0.2, -0.15) is 5.10 Å². The van der Waals surface area contributed by atoms with Crippen LogP contribution in [-0.4, -0.2) is 21.4 Å². The highest BCUT2D eigenvalue weighted by atomic mass is 16.3. The average molecular weight is 229 g/mol. The van der Waals surface area contributed by atoms with E-state index in [0.717, 1.165) is 18.5 Å². The fourth-order valence-electron chi connectivity index (χ4n) is 2.54. The number of aromatic nitrogens is 2. The first kappa shape index (κ1) is 10.4. The number of nitrogens with two attached hydrogens (primary N) is 1. The van der Waals surface area contributed by atoms with Crippen molar-refractivity contribution in [1.29, 1.82) is 0 Å². The predicted molar refractivity (Wildman–Crippen MR) is 65.3 cm³/mol. The van der Waals surface area contributed by atoms with Crippen LogP contribution in [0.1, 0.15) is 23.6 Å². The van der Waals surface area contributed by atoms with Gasteiger partial charge in [0.25, 0.3) is 0 Å². The fraction of sp³-hybridized carbons (Fsp3) is 0.308. The molecule has 0 bridgehead atoms. The Kier molecular flexibility index (Phi) is 2.37. The predicted octanol–water partition coefficient (Wildman–Crippen LogP) is 1.57. The lowest BCUT2D eigenvalue weighted by Crippen LogP contribution is -2.08. The zero-order valence-corrected chi connectivity index (χ0v) is 9.50. The summed E-state index contributed by atoms with van der Waals surface area (Å²) in [5.74, 6) is 0.680. The third-order valence-electron chi connectivity index (χ3n) is 3.47. The van der Waals surface area contributed by atoms with Crippen molar-refractivity contribution in [2.75, 3.05) is 6.54 Å². The number of nitrogens with zero attached hydrogens (tertiary/aromatic N) is 2. The molecule has 1 unspecified atom stereocenters. The third-order valence-corrected chi connectivity index (χ3v) is 3.47. The average Bonchev–Trinajstić information content (AvgIpc) is 2.90. The molecule has 1 aliphatic carbocycles. The van der Waals surface area contributed by atoms with Crippen LogP contribution in [0.25, 0.3) is 5.69 Å². The van der Waals surface area contributed by atoms with E-state index in [9.17, 15) is 5.11 Å². The van der Waals surface area contributed by atoms with E-state index in [2.05, 4.69) is 5.10 Å². The standard InChI is InChI=1S/C13H15N3O/c14-7-9-5-6-11-10(9)8-15-16(11)12-3-1-2-4-13(12)17/h1-4,8-9,17H,5-7,14H2. The van der Waals surface area contributed by atoms with E-state index in [1.807, 2.05) is 29.1 Å². The minimum atomic E-state index is 0.259. The Bertz CT molecular complexity index is 547. The lowest BCUT2D eigenvalue weighted by atomic mass is 10.1. The molecule has 0 radical (unpaired) electrons. The molecular formula is C13H15N3O. The van der Waals surface area contributed by atoms with Crippen LogP contribution in [0, 0.1) is 0 Å². The van der Waals surface area contributed by atoms with Crippen LogP contribution in [0.3, 0.4) is 0 Å². The van der Waals surface area contributed by atoms with Crippen LogP contribution in [0.2, 0.25) is 0 Å². The quantitative estimate of drug-likeness (QED) is 0.821. The second-order valence-corrected chi connectivity index (χ2v) is 4.42. The van der Waals surface area contributed by atoms with Crippen LogP contribution in [0.15, 0.2) is 30.5 Å². The van der Waals surface area contributed by atoms with E-state index in [1.54, 1.807) is 6.07 Å². The molecule has 2 aromatic rings. The molecule has 1 heterocycles. The number of hydrogen-bond donors (Lipinski definition) is 2. The number of fused-ring (bicyclic) bond motifs is 1. The minimum absolute atomic E-state index is 0.259. The first-order chi connectivity index (χ1) is 8.31. The van der Waals surface area contributed by atoms with Gasteiger partial charge >= 0.3 is 0 Å². The number of phenolic OH excluding ortho intramolecular Hbond substituents is 1. The Balaban J connectivity index is 2.10. The summed E-state index contributed by atoms with van der Waals surface area (Å²) in [5.41, 5.74) is 8.90. The van der Waals surface area contributed by atoms with Gasteiger partial charge in [0.05, 0.1) is 6.20 Å². The second kappa shape index (κ2) is 3.89. The first-order valence-corrected chi connectivity index (χ1v) is 5.86. The molecule has 4 heteroatoms. The summed E-state index contributed by atoms with van der Waals surface area (Å²) in [4.78, 5) is 0. The summed E-state index contributed by atoms with van der Waals surface area (Å²) in [6.07, 6.45) is 3.94. The molecule has 88 valence electrons. The fourth-order valence-corrected chi connectivity index (χ4v) is 2.54. The summed E-state index contributed by atoms with van der Waals surface area (Å²) in [6.45, 7) is 0.666. The van der Waals surface area contributed by atoms with E-state index in [0.29, 0.717) is 12.5 Å². The van der Waals surface area contributed by atoms with Gasteiger partial charge in [-0.15, -0.1) is 0 Å². The Hall–Kier alpha value is -1.81. The van der Waals surface area contributed by atoms with Crippen LogP contribution in [-0.2, 0) is 6.42 Å². The molecule has 1 aromatic carbocycles. The molecule has 1 atom stereocenters. The highest BCUT2D eigenvalue weighted by Gasteiger charge is 2.26. The first-order valence-electron chi connectivity index (χ1n) is 5.86. The van der Waals surface area contributed by atoms with E-state index in [1.165, 1.54) is 11.3 Å². The molecule has 1 aliphatic rings. The van der Waals surface area contributed by atoms with Crippen LogP contribution in [0.5, 0.6) is 5.75 Å². The van der Waals surface area contributed by atoms with Gasteiger partial charge in [0.1, 0.15) is 11.4 Å². The van der Waals surface area contributed by atoms with Gasteiger partial charge in [-0.3, -0.25) is 0 Å². The Morgan fingerprint density at radius 3 is 3.00 bits per heavy atom. The maximum atomic E-state index is 9.85. The number of rotatable bonds is 2. The Morgan fingerprint density at radius 1 is 1.41 bits per heavy atom. The van der Waals surface area contributed by atoms with E-state index in [4.69, 9.17) is 5.73 Å². The summed E-state index contributed by atoms with van der Waals surface area (Å²) < 4.78 is 1.83. The summed E-state index contributed by atoms with van der Waals surface area (Å²) in [7, 11) is 0. The van der Waals surface area contributed by atoms with Gasteiger partial charge in [0.2, 0.25) is 0 Å². The lowest BCUT2D eigenvalue weighted by Gasteiger charge is -2.06. The van der Waals surface area contributed by atoms with Gasteiger partial charge in [-0.05, 0) is 43.0 Å². The highest BCUT2D eigenvalue weighted by molar-refractivity contribution is 5.47. The van der Waals surface area contributed by atoms with Gasteiger partial charge in [-0.1, -0.05) is 12.1 Å². The number of benzene rings is 1. The van der Waals surface area contributed by atoms with Crippen molar-refractivity contribution < 1.29 is 5.11 Å². The van der Waals surface area contributed by atoms with Gasteiger partial charge in [-0.25, -0.2) is 4.68 Å². The number of hydrogen-bond acceptors (Lipinski definition) is 3. The maximum Gasteiger partial charge on any atom is 0.141 e. The van der Waals surface area contributed by atoms with Crippen molar-refractivity contribution in [3.05, 3.63) is 41.7 Å². The third kappa shape index (κ3) is 1.52. The van der Waals surface area contributed by atoms with Gasteiger partial charge in [0.15, 0.2) is 0 Å². The molecule has 3 N–H and O–H groups in total. The van der Waals surface area contributed by atoms with E-state index >= 15 is 0 Å². The largest absolute Gasteiger partial charge is 0.506 e. The smallest absolute Gasteiger partial charge is 0.141 e. The summed E-state index contributed by atoms with van der Waals surface area (Å²) in [6, 6.07) is 7.26. The van der Waals surface area contributed by atoms with Crippen molar-refractivity contribution >= 4 is 0 Å². The van der Waals surface area contributed by atoms with E-state index in [-0.39, 0.29) is 5.75 Å². The van der Waals surface area contributed by atoms with Crippen molar-refractivity contribution in [3.63, 3.8) is 0 Å². The normalized spacial score (nSPS) is 18.3. The molecule has 0 fully saturated rings. The number of phenols is 1. The molecule has 3 rings (SSSR count). The van der Waals surface area contributed by atoms with Crippen molar-refractivity contribution in [1.82, 2.24) is 9.78 Å². The molecular weight excluding hydrogens is 214 g/mol. The van der Waals surface area contributed by atoms with Crippen LogP contribution in [0.4, 0.5) is 0 Å². The van der Waals surface area contributed by atoms with Crippen molar-refractivity contribution in [2.24, 2.45) is 5.73 Å². The van der Waals surface area contributed by atoms with Crippen molar-refractivity contribution in [2.45, 2.75) is 18.8 Å². The lowest BCUT2D eigenvalue weighted by molar-refractivity contribution is 0.469. The number of para-hydroxylation sites is 2. The summed E-state index contributed by atoms with van der Waals surface area (Å²) in [5, 5.41) is 14.2. The van der Waals surface area contributed by atoms with Gasteiger partial charge < -0.3 is 10.8 Å².